The fourth-order valence-electron chi connectivity index (χ4n) is 4.25. The van der Waals surface area contributed by atoms with E-state index in [0.717, 1.165) is 12.2 Å². The second kappa shape index (κ2) is 8.12. The van der Waals surface area contributed by atoms with Gasteiger partial charge < -0.3 is 15.8 Å². The molecule has 2 heterocycles. The Kier molecular flexibility index (Phi) is 5.56. The third-order valence-corrected chi connectivity index (χ3v) is 6.56. The van der Waals surface area contributed by atoms with Crippen molar-refractivity contribution in [1.29, 1.82) is 0 Å². The molecule has 2 aliphatic rings. The molecule has 1 fully saturated rings. The second-order valence-corrected chi connectivity index (χ2v) is 8.56. The van der Waals surface area contributed by atoms with Crippen LogP contribution in [0.3, 0.4) is 0 Å². The molecular formula is C21H23FN4O2S. The van der Waals surface area contributed by atoms with Crippen LogP contribution in [0.2, 0.25) is 0 Å². The molecule has 3 atom stereocenters. The minimum Gasteiger partial charge on any atom is -0.381 e. The number of methoxy groups -OCH3 is 1. The summed E-state index contributed by atoms with van der Waals surface area (Å²) in [5, 5.41) is 3.27. The first-order chi connectivity index (χ1) is 14.0. The molecule has 3 N–H and O–H groups in total. The van der Waals surface area contributed by atoms with Crippen LogP contribution in [0, 0.1) is 11.7 Å². The summed E-state index contributed by atoms with van der Waals surface area (Å²) < 4.78 is 20.6. The molecule has 29 heavy (non-hydrogen) atoms. The first kappa shape index (κ1) is 19.8. The van der Waals surface area contributed by atoms with Crippen molar-refractivity contribution < 1.29 is 13.9 Å². The van der Waals surface area contributed by atoms with Crippen LogP contribution < -0.4 is 11.1 Å². The van der Waals surface area contributed by atoms with Crippen molar-refractivity contribution in [3.05, 3.63) is 59.7 Å². The van der Waals surface area contributed by atoms with E-state index in [1.165, 1.54) is 17.8 Å². The minimum absolute atomic E-state index is 0.0184. The summed E-state index contributed by atoms with van der Waals surface area (Å²) in [4.78, 5) is 21.3. The molecule has 1 aromatic carbocycles. The van der Waals surface area contributed by atoms with Gasteiger partial charge in [0.1, 0.15) is 11.5 Å². The van der Waals surface area contributed by atoms with Gasteiger partial charge in [0.25, 0.3) is 5.91 Å². The van der Waals surface area contributed by atoms with Crippen molar-refractivity contribution in [3.63, 3.8) is 0 Å². The van der Waals surface area contributed by atoms with Gasteiger partial charge in [0.2, 0.25) is 0 Å². The molecule has 2 bridgehead atoms. The fraction of sp³-hybridized carbons (Fsp3) is 0.381. The number of nitrogens with two attached hydrogens (primary N) is 1. The van der Waals surface area contributed by atoms with Crippen molar-refractivity contribution in [3.8, 4) is 0 Å². The van der Waals surface area contributed by atoms with Crippen LogP contribution >= 0.6 is 11.8 Å². The predicted molar refractivity (Wildman–Crippen MR) is 112 cm³/mol. The number of aromatic nitrogens is 1. The van der Waals surface area contributed by atoms with E-state index < -0.39 is 5.54 Å². The van der Waals surface area contributed by atoms with E-state index in [1.807, 2.05) is 0 Å². The van der Waals surface area contributed by atoms with Crippen LogP contribution in [-0.4, -0.2) is 35.0 Å². The smallest absolute Gasteiger partial charge is 0.274 e. The Morgan fingerprint density at radius 1 is 1.34 bits per heavy atom. The highest BCUT2D eigenvalue weighted by Gasteiger charge is 2.45. The Balaban J connectivity index is 1.70. The number of amides is 1. The number of amidine groups is 1. The predicted octanol–water partition coefficient (Wildman–Crippen LogP) is 3.54. The number of rotatable bonds is 4. The van der Waals surface area contributed by atoms with Crippen LogP contribution in [0.4, 0.5) is 10.1 Å². The van der Waals surface area contributed by atoms with Crippen molar-refractivity contribution >= 4 is 28.5 Å². The Bertz CT molecular complexity index is 940. The van der Waals surface area contributed by atoms with Crippen LogP contribution in [0.25, 0.3) is 0 Å². The number of hydrogen-bond donors (Lipinski definition) is 2. The number of carbonyl (C=O) groups excluding carboxylic acids is 1. The topological polar surface area (TPSA) is 89.6 Å². The van der Waals surface area contributed by atoms with E-state index in [9.17, 15) is 4.79 Å². The Labute approximate surface area is 173 Å². The highest BCUT2D eigenvalue weighted by atomic mass is 32.2. The van der Waals surface area contributed by atoms with Crippen molar-refractivity contribution in [1.82, 2.24) is 4.98 Å². The first-order valence-electron chi connectivity index (χ1n) is 9.52. The monoisotopic (exact) mass is 414 g/mol. The second-order valence-electron chi connectivity index (χ2n) is 7.52. The first-order valence-corrected chi connectivity index (χ1v) is 10.5. The molecule has 4 rings (SSSR count). The van der Waals surface area contributed by atoms with E-state index in [4.69, 9.17) is 15.5 Å². The molecule has 0 radical (unpaired) electrons. The molecule has 1 saturated carbocycles. The zero-order valence-corrected chi connectivity index (χ0v) is 16.9. The molecule has 0 saturated heterocycles. The van der Waals surface area contributed by atoms with Crippen LogP contribution in [0.5, 0.6) is 0 Å². The van der Waals surface area contributed by atoms with Crippen LogP contribution in [0.15, 0.2) is 47.6 Å². The summed E-state index contributed by atoms with van der Waals surface area (Å²) in [6.07, 6.45) is 3.70. The van der Waals surface area contributed by atoms with Gasteiger partial charge in [-0.2, -0.15) is 0 Å². The van der Waals surface area contributed by atoms with Gasteiger partial charge in [0.15, 0.2) is 5.17 Å². The van der Waals surface area contributed by atoms with E-state index in [-0.39, 0.29) is 17.8 Å². The van der Waals surface area contributed by atoms with E-state index in [0.29, 0.717) is 40.9 Å². The number of nitrogens with zero attached hydrogens (tertiary/aromatic N) is 2. The number of anilines is 1. The molecule has 0 spiro atoms. The van der Waals surface area contributed by atoms with Gasteiger partial charge in [-0.1, -0.05) is 17.8 Å². The lowest BCUT2D eigenvalue weighted by atomic mass is 9.71. The zero-order chi connectivity index (χ0) is 20.4. The van der Waals surface area contributed by atoms with E-state index in [2.05, 4.69) is 10.3 Å². The van der Waals surface area contributed by atoms with Gasteiger partial charge in [-0.05, 0) is 49.1 Å². The number of halogens is 1. The molecular weight excluding hydrogens is 391 g/mol. The van der Waals surface area contributed by atoms with Gasteiger partial charge in [0.05, 0.1) is 11.6 Å². The van der Waals surface area contributed by atoms with Crippen molar-refractivity contribution in [2.75, 3.05) is 18.2 Å². The summed E-state index contributed by atoms with van der Waals surface area (Å²) in [5.41, 5.74) is 6.54. The number of hydrogen-bond acceptors (Lipinski definition) is 6. The number of nitrogens with one attached hydrogen (secondary N) is 1. The Morgan fingerprint density at radius 3 is 2.97 bits per heavy atom. The number of pyridine rings is 1. The Hall–Kier alpha value is -2.45. The molecule has 1 amide bonds. The molecule has 1 aliphatic heterocycles. The summed E-state index contributed by atoms with van der Waals surface area (Å²) in [7, 11) is 1.68. The maximum absolute atomic E-state index is 15.0. The maximum Gasteiger partial charge on any atom is 0.274 e. The molecule has 0 unspecified atom stereocenters. The highest BCUT2D eigenvalue weighted by Crippen LogP contribution is 2.48. The number of fused-ring (bicyclic) bond motifs is 2. The average Bonchev–Trinajstić information content (AvgIpc) is 2.85. The van der Waals surface area contributed by atoms with Gasteiger partial charge >= 0.3 is 0 Å². The third kappa shape index (κ3) is 4.13. The van der Waals surface area contributed by atoms with Gasteiger partial charge in [0, 0.05) is 36.7 Å². The lowest BCUT2D eigenvalue weighted by Crippen LogP contribution is -2.39. The molecule has 2 aromatic rings. The van der Waals surface area contributed by atoms with Crippen LogP contribution in [0.1, 0.15) is 35.3 Å². The van der Waals surface area contributed by atoms with Gasteiger partial charge in [-0.25, -0.2) is 4.39 Å². The summed E-state index contributed by atoms with van der Waals surface area (Å²) in [6.45, 7) is 0. The molecule has 152 valence electrons. The molecule has 1 aliphatic carbocycles. The van der Waals surface area contributed by atoms with Gasteiger partial charge in [-0.3, -0.25) is 14.8 Å². The highest BCUT2D eigenvalue weighted by molar-refractivity contribution is 8.13. The number of ether oxygens (including phenoxy) is 1. The zero-order valence-electron chi connectivity index (χ0n) is 16.1. The van der Waals surface area contributed by atoms with E-state index >= 15 is 4.39 Å². The molecule has 8 heteroatoms. The lowest BCUT2D eigenvalue weighted by Gasteiger charge is -2.40. The maximum atomic E-state index is 15.0. The van der Waals surface area contributed by atoms with Crippen molar-refractivity contribution in [2.24, 2.45) is 16.6 Å². The lowest BCUT2D eigenvalue weighted by molar-refractivity contribution is 0.0222. The normalized spacial score (nSPS) is 26.3. The average molecular weight is 415 g/mol. The van der Waals surface area contributed by atoms with Gasteiger partial charge in [-0.15, -0.1) is 0 Å². The number of thioether (sulfide) groups is 1. The SMILES string of the molecule is CO[C@H]1C[C@@H]2CSC(N)=N[C@](c3cc(NC(=O)c4ccccn4)ccc3F)(C2)C1. The summed E-state index contributed by atoms with van der Waals surface area (Å²) in [6, 6.07) is 9.68. The third-order valence-electron chi connectivity index (χ3n) is 5.54. The van der Waals surface area contributed by atoms with Crippen LogP contribution in [-0.2, 0) is 10.3 Å². The fourth-order valence-corrected chi connectivity index (χ4v) is 5.15. The largest absolute Gasteiger partial charge is 0.381 e. The number of aliphatic imine (C=N–C) groups is 1. The minimum atomic E-state index is -0.799. The number of carbonyl (C=O) groups is 1. The quantitative estimate of drug-likeness (QED) is 0.799. The Morgan fingerprint density at radius 2 is 2.21 bits per heavy atom. The number of benzene rings is 1. The summed E-state index contributed by atoms with van der Waals surface area (Å²) in [5.74, 6) is 0.458. The molecule has 6 nitrogen and oxygen atoms in total. The summed E-state index contributed by atoms with van der Waals surface area (Å²) >= 11 is 1.51. The van der Waals surface area contributed by atoms with E-state index in [1.54, 1.807) is 43.6 Å². The molecule has 1 aromatic heterocycles. The van der Waals surface area contributed by atoms with Crippen molar-refractivity contribution in [2.45, 2.75) is 30.9 Å². The standard InChI is InChI=1S/C21H23FN4O2S/c1-28-15-8-13-10-21(11-15,26-20(23)29-12-13)16-9-14(5-6-17(16)22)25-19(27)18-4-2-3-7-24-18/h2-7,9,13,15H,8,10-12H2,1H3,(H2,23,26)(H,25,27)/t13-,15-,21+/m0/s1.